The van der Waals surface area contributed by atoms with Crippen molar-refractivity contribution in [1.29, 1.82) is 0 Å². The SMILES string of the molecule is NC(=O)/C(=C1\Nc2ccc(N3CCC(N4CCCCC4)CC3)cc2S1)c1nccc(C(F)(F)F)n1. The van der Waals surface area contributed by atoms with Crippen LogP contribution >= 0.6 is 11.8 Å². The van der Waals surface area contributed by atoms with Gasteiger partial charge in [-0.25, -0.2) is 9.97 Å². The van der Waals surface area contributed by atoms with Crippen LogP contribution in [0.2, 0.25) is 0 Å². The maximum Gasteiger partial charge on any atom is 0.433 e. The lowest BCUT2D eigenvalue weighted by molar-refractivity contribution is -0.141. The summed E-state index contributed by atoms with van der Waals surface area (Å²) >= 11 is 1.25. The Labute approximate surface area is 206 Å². The number of nitrogens with one attached hydrogen (secondary N) is 1. The highest BCUT2D eigenvalue weighted by Gasteiger charge is 2.34. The van der Waals surface area contributed by atoms with Crippen molar-refractivity contribution < 1.29 is 18.0 Å². The number of likely N-dealkylation sites (tertiary alicyclic amines) is 1. The molecule has 0 aliphatic carbocycles. The second-order valence-electron chi connectivity index (χ2n) is 9.05. The monoisotopic (exact) mass is 504 g/mol. The highest BCUT2D eigenvalue weighted by Crippen LogP contribution is 2.45. The molecule has 0 radical (unpaired) electrons. The van der Waals surface area contributed by atoms with E-state index in [-0.39, 0.29) is 11.4 Å². The predicted octanol–water partition coefficient (Wildman–Crippen LogP) is 4.32. The highest BCUT2D eigenvalue weighted by atomic mass is 32.2. The summed E-state index contributed by atoms with van der Waals surface area (Å²) < 4.78 is 39.4. The average molecular weight is 505 g/mol. The molecule has 1 aromatic carbocycles. The summed E-state index contributed by atoms with van der Waals surface area (Å²) in [5, 5.41) is 3.43. The number of primary amides is 1. The van der Waals surface area contributed by atoms with Gasteiger partial charge >= 0.3 is 6.18 Å². The third kappa shape index (κ3) is 5.11. The van der Waals surface area contributed by atoms with Crippen LogP contribution in [0.3, 0.4) is 0 Å². The number of thioether (sulfide) groups is 1. The highest BCUT2D eigenvalue weighted by molar-refractivity contribution is 8.04. The molecule has 3 N–H and O–H groups in total. The van der Waals surface area contributed by atoms with Crippen molar-refractivity contribution in [2.24, 2.45) is 5.73 Å². The zero-order valence-electron chi connectivity index (χ0n) is 19.1. The summed E-state index contributed by atoms with van der Waals surface area (Å²) in [6.45, 7) is 4.37. The molecule has 3 aliphatic heterocycles. The van der Waals surface area contributed by atoms with Crippen LogP contribution in [0.4, 0.5) is 24.5 Å². The van der Waals surface area contributed by atoms with Crippen LogP contribution in [0.5, 0.6) is 0 Å². The Bertz CT molecular complexity index is 1140. The molecule has 7 nitrogen and oxygen atoms in total. The molecule has 0 unspecified atom stereocenters. The summed E-state index contributed by atoms with van der Waals surface area (Å²) in [4.78, 5) is 25.5. The molecule has 0 atom stereocenters. The smallest absolute Gasteiger partial charge is 0.371 e. The first-order chi connectivity index (χ1) is 16.8. The molecule has 35 heavy (non-hydrogen) atoms. The number of anilines is 2. The van der Waals surface area contributed by atoms with Crippen molar-refractivity contribution >= 4 is 34.6 Å². The zero-order valence-corrected chi connectivity index (χ0v) is 20.0. The molecule has 4 heterocycles. The minimum Gasteiger partial charge on any atom is -0.371 e. The van der Waals surface area contributed by atoms with Gasteiger partial charge in [-0.2, -0.15) is 13.2 Å². The molecule has 3 aliphatic rings. The minimum atomic E-state index is -4.65. The summed E-state index contributed by atoms with van der Waals surface area (Å²) in [6.07, 6.45) is 2.52. The maximum atomic E-state index is 13.1. The fourth-order valence-electron chi connectivity index (χ4n) is 5.00. The Kier molecular flexibility index (Phi) is 6.63. The maximum absolute atomic E-state index is 13.1. The standard InChI is InChI=1S/C24H27F3N6OS/c25-24(26,27)19-6-9-29-22(31-19)20(21(28)34)23-30-17-5-4-16(14-18(17)35-23)33-12-7-15(8-13-33)32-10-2-1-3-11-32/h4-6,9,14-15,30H,1-3,7-8,10-13H2,(H2,28,34)/b23-20-. The van der Waals surface area contributed by atoms with E-state index in [1.807, 2.05) is 18.2 Å². The number of nitrogens with zero attached hydrogens (tertiary/aromatic N) is 4. The number of halogens is 3. The lowest BCUT2D eigenvalue weighted by Gasteiger charge is -2.41. The van der Waals surface area contributed by atoms with Crippen molar-refractivity contribution in [2.75, 3.05) is 36.4 Å². The minimum absolute atomic E-state index is 0.166. The van der Waals surface area contributed by atoms with Crippen LogP contribution in [0.1, 0.15) is 43.6 Å². The van der Waals surface area contributed by atoms with Gasteiger partial charge in [-0.15, -0.1) is 0 Å². The zero-order chi connectivity index (χ0) is 24.6. The molecular weight excluding hydrogens is 477 g/mol. The van der Waals surface area contributed by atoms with Crippen molar-refractivity contribution in [2.45, 2.75) is 49.2 Å². The molecule has 2 aromatic rings. The van der Waals surface area contributed by atoms with E-state index < -0.39 is 17.8 Å². The van der Waals surface area contributed by atoms with Crippen molar-refractivity contribution in [3.63, 3.8) is 0 Å². The van der Waals surface area contributed by atoms with Gasteiger partial charge in [0.1, 0.15) is 11.3 Å². The van der Waals surface area contributed by atoms with Crippen molar-refractivity contribution in [1.82, 2.24) is 14.9 Å². The lowest BCUT2D eigenvalue weighted by Crippen LogP contribution is -2.46. The normalized spacial score (nSPS) is 20.9. The molecule has 0 saturated carbocycles. The van der Waals surface area contributed by atoms with Crippen LogP contribution < -0.4 is 16.0 Å². The molecule has 1 amide bonds. The molecule has 11 heteroatoms. The number of piperidine rings is 2. The van der Waals surface area contributed by atoms with Crippen LogP contribution in [0, 0.1) is 0 Å². The van der Waals surface area contributed by atoms with E-state index in [4.69, 9.17) is 5.73 Å². The fourth-order valence-corrected chi connectivity index (χ4v) is 6.08. The van der Waals surface area contributed by atoms with E-state index in [1.54, 1.807) is 0 Å². The van der Waals surface area contributed by atoms with Gasteiger partial charge in [-0.3, -0.25) is 4.79 Å². The third-order valence-corrected chi connectivity index (χ3v) is 7.87. The molecule has 0 bridgehead atoms. The van der Waals surface area contributed by atoms with Crippen LogP contribution in [-0.2, 0) is 11.0 Å². The van der Waals surface area contributed by atoms with Gasteiger partial charge in [0, 0.05) is 35.9 Å². The van der Waals surface area contributed by atoms with E-state index in [0.717, 1.165) is 54.5 Å². The number of alkyl halides is 3. The molecule has 0 spiro atoms. The van der Waals surface area contributed by atoms with Gasteiger partial charge in [-0.1, -0.05) is 18.2 Å². The largest absolute Gasteiger partial charge is 0.433 e. The number of amides is 1. The number of fused-ring (bicyclic) bond motifs is 1. The van der Waals surface area contributed by atoms with Crippen LogP contribution in [0.25, 0.3) is 5.57 Å². The Hall–Kier alpha value is -2.79. The fraction of sp³-hybridized carbons (Fsp3) is 0.458. The van der Waals surface area contributed by atoms with Crippen molar-refractivity contribution in [3.05, 3.63) is 47.0 Å². The second kappa shape index (κ2) is 9.69. The number of hydrogen-bond donors (Lipinski definition) is 2. The number of nitrogens with two attached hydrogens (primary N) is 1. The molecule has 1 aromatic heterocycles. The van der Waals surface area contributed by atoms with E-state index >= 15 is 0 Å². The van der Waals surface area contributed by atoms with Gasteiger partial charge in [0.2, 0.25) is 0 Å². The summed E-state index contributed by atoms with van der Waals surface area (Å²) in [5.74, 6) is -1.25. The van der Waals surface area contributed by atoms with E-state index in [1.165, 1.54) is 44.1 Å². The second-order valence-corrected chi connectivity index (χ2v) is 10.1. The van der Waals surface area contributed by atoms with E-state index in [9.17, 15) is 18.0 Å². The van der Waals surface area contributed by atoms with E-state index in [0.29, 0.717) is 11.1 Å². The molecule has 2 fully saturated rings. The quantitative estimate of drug-likeness (QED) is 0.600. The van der Waals surface area contributed by atoms with Crippen LogP contribution in [0.15, 0.2) is 40.4 Å². The van der Waals surface area contributed by atoms with Gasteiger partial charge in [0.15, 0.2) is 5.82 Å². The first-order valence-corrected chi connectivity index (χ1v) is 12.6. The van der Waals surface area contributed by atoms with Gasteiger partial charge in [0.05, 0.1) is 10.7 Å². The Balaban J connectivity index is 1.33. The van der Waals surface area contributed by atoms with Crippen LogP contribution in [-0.4, -0.2) is 53.0 Å². The van der Waals surface area contributed by atoms with Gasteiger partial charge in [0.25, 0.3) is 5.91 Å². The van der Waals surface area contributed by atoms with Gasteiger partial charge < -0.3 is 20.9 Å². The average Bonchev–Trinajstić information content (AvgIpc) is 3.27. The summed E-state index contributed by atoms with van der Waals surface area (Å²) in [5.41, 5.74) is 6.10. The third-order valence-electron chi connectivity index (χ3n) is 6.81. The number of rotatable bonds is 4. The number of hydrogen-bond acceptors (Lipinski definition) is 7. The Morgan fingerprint density at radius 1 is 1.09 bits per heavy atom. The molecule has 2 saturated heterocycles. The molecule has 5 rings (SSSR count). The predicted molar refractivity (Wildman–Crippen MR) is 130 cm³/mol. The van der Waals surface area contributed by atoms with Gasteiger partial charge in [-0.05, 0) is 63.0 Å². The van der Waals surface area contributed by atoms with Crippen molar-refractivity contribution in [3.8, 4) is 0 Å². The lowest BCUT2D eigenvalue weighted by atomic mass is 9.99. The first kappa shape index (κ1) is 23.9. The Morgan fingerprint density at radius 2 is 1.83 bits per heavy atom. The molecular formula is C24H27F3N6OS. The molecule has 186 valence electrons. The topological polar surface area (TPSA) is 87.4 Å². The number of carbonyl (C=O) groups excluding carboxylic acids is 1. The summed E-state index contributed by atoms with van der Waals surface area (Å²) in [7, 11) is 0. The number of aromatic nitrogens is 2. The number of benzene rings is 1. The first-order valence-electron chi connectivity index (χ1n) is 11.8. The Morgan fingerprint density at radius 3 is 2.51 bits per heavy atom. The van der Waals surface area contributed by atoms with E-state index in [2.05, 4.69) is 25.1 Å². The summed E-state index contributed by atoms with van der Waals surface area (Å²) in [6, 6.07) is 7.41. The number of carbonyl (C=O) groups is 1.